The number of aliphatic hydroxyl groups excluding tert-OH is 1. The first kappa shape index (κ1) is 13.2. The summed E-state index contributed by atoms with van der Waals surface area (Å²) in [5, 5.41) is 9.60. The summed E-state index contributed by atoms with van der Waals surface area (Å²) in [4.78, 5) is 0. The zero-order valence-corrected chi connectivity index (χ0v) is 10.8. The van der Waals surface area contributed by atoms with Crippen LogP contribution < -0.4 is 10.5 Å². The molecule has 0 saturated heterocycles. The van der Waals surface area contributed by atoms with Crippen LogP contribution in [0.5, 0.6) is 5.75 Å². The van der Waals surface area contributed by atoms with E-state index < -0.39 is 0 Å². The van der Waals surface area contributed by atoms with Crippen LogP contribution in [0.15, 0.2) is 18.2 Å². The molecule has 0 aromatic heterocycles. The van der Waals surface area contributed by atoms with Crippen LogP contribution in [-0.4, -0.2) is 23.6 Å². The third-order valence-electron chi connectivity index (χ3n) is 2.49. The maximum Gasteiger partial charge on any atom is 0.123 e. The molecular weight excluding hydrogens is 222 g/mol. The topological polar surface area (TPSA) is 55.5 Å². The summed E-state index contributed by atoms with van der Waals surface area (Å²) in [7, 11) is 1.65. The molecule has 0 bridgehead atoms. The van der Waals surface area contributed by atoms with Gasteiger partial charge in [-0.25, -0.2) is 0 Å². The first-order valence-electron chi connectivity index (χ1n) is 5.26. The van der Waals surface area contributed by atoms with Gasteiger partial charge < -0.3 is 15.6 Å². The highest BCUT2D eigenvalue weighted by atomic mass is 32.2. The van der Waals surface area contributed by atoms with Crippen molar-refractivity contribution in [3.05, 3.63) is 23.8 Å². The van der Waals surface area contributed by atoms with Crippen molar-refractivity contribution < 1.29 is 9.84 Å². The predicted molar refractivity (Wildman–Crippen MR) is 69.8 cm³/mol. The Morgan fingerprint density at radius 3 is 2.69 bits per heavy atom. The van der Waals surface area contributed by atoms with E-state index in [0.717, 1.165) is 22.8 Å². The number of aliphatic hydroxyl groups is 1. The van der Waals surface area contributed by atoms with Crippen molar-refractivity contribution >= 4 is 17.4 Å². The Labute approximate surface area is 101 Å². The van der Waals surface area contributed by atoms with Crippen LogP contribution in [0, 0.1) is 0 Å². The van der Waals surface area contributed by atoms with Crippen LogP contribution in [0.25, 0.3) is 0 Å². The summed E-state index contributed by atoms with van der Waals surface area (Å²) in [6.07, 6.45) is -0.308. The van der Waals surface area contributed by atoms with E-state index in [1.807, 2.05) is 25.1 Å². The highest BCUT2D eigenvalue weighted by Crippen LogP contribution is 2.28. The standard InChI is InChI=1S/C12H19NO2S/c1-8(14)9(2)16-7-10-6-11(13)4-5-12(10)15-3/h4-6,8-9,14H,7,13H2,1-3H3. The van der Waals surface area contributed by atoms with E-state index in [-0.39, 0.29) is 11.4 Å². The molecule has 0 aliphatic rings. The first-order chi connectivity index (χ1) is 7.54. The lowest BCUT2D eigenvalue weighted by Gasteiger charge is -2.15. The summed E-state index contributed by atoms with van der Waals surface area (Å²) in [6.45, 7) is 3.81. The molecule has 3 nitrogen and oxygen atoms in total. The van der Waals surface area contributed by atoms with Crippen LogP contribution in [0.2, 0.25) is 0 Å². The molecule has 4 heteroatoms. The fourth-order valence-corrected chi connectivity index (χ4v) is 2.22. The Kier molecular flexibility index (Phi) is 4.96. The fraction of sp³-hybridized carbons (Fsp3) is 0.500. The third kappa shape index (κ3) is 3.61. The third-order valence-corrected chi connectivity index (χ3v) is 3.88. The van der Waals surface area contributed by atoms with Crippen molar-refractivity contribution in [1.82, 2.24) is 0 Å². The van der Waals surface area contributed by atoms with E-state index in [1.54, 1.807) is 25.8 Å². The molecule has 0 saturated carbocycles. The maximum atomic E-state index is 9.40. The van der Waals surface area contributed by atoms with Gasteiger partial charge in [-0.15, -0.1) is 0 Å². The average Bonchev–Trinajstić information content (AvgIpc) is 2.25. The van der Waals surface area contributed by atoms with Gasteiger partial charge in [0.2, 0.25) is 0 Å². The Morgan fingerprint density at radius 2 is 2.12 bits per heavy atom. The lowest BCUT2D eigenvalue weighted by molar-refractivity contribution is 0.196. The SMILES string of the molecule is COc1ccc(N)cc1CSC(C)C(C)O. The lowest BCUT2D eigenvalue weighted by Crippen LogP contribution is -2.15. The van der Waals surface area contributed by atoms with Crippen LogP contribution in [0.1, 0.15) is 19.4 Å². The zero-order chi connectivity index (χ0) is 12.1. The zero-order valence-electron chi connectivity index (χ0n) is 9.93. The number of hydrogen-bond acceptors (Lipinski definition) is 4. The van der Waals surface area contributed by atoms with Gasteiger partial charge in [-0.2, -0.15) is 11.8 Å². The van der Waals surface area contributed by atoms with Gasteiger partial charge in [0.1, 0.15) is 5.75 Å². The Hall–Kier alpha value is -0.870. The van der Waals surface area contributed by atoms with Crippen LogP contribution in [0.4, 0.5) is 5.69 Å². The van der Waals surface area contributed by atoms with Crippen molar-refractivity contribution in [2.75, 3.05) is 12.8 Å². The minimum absolute atomic E-state index is 0.200. The molecule has 2 unspecified atom stereocenters. The number of hydrogen-bond donors (Lipinski definition) is 2. The van der Waals surface area contributed by atoms with Gasteiger partial charge in [0.15, 0.2) is 0 Å². The molecule has 1 rings (SSSR count). The molecule has 1 aromatic rings. The van der Waals surface area contributed by atoms with Gasteiger partial charge in [0.05, 0.1) is 13.2 Å². The molecule has 0 fully saturated rings. The Bertz CT molecular complexity index is 342. The molecule has 90 valence electrons. The summed E-state index contributed by atoms with van der Waals surface area (Å²) >= 11 is 1.69. The van der Waals surface area contributed by atoms with Gasteiger partial charge in [0, 0.05) is 22.3 Å². The molecule has 2 atom stereocenters. The van der Waals surface area contributed by atoms with E-state index >= 15 is 0 Å². The fourth-order valence-electron chi connectivity index (χ4n) is 1.27. The molecule has 16 heavy (non-hydrogen) atoms. The normalized spacial score (nSPS) is 14.5. The molecule has 0 amide bonds. The number of thioether (sulfide) groups is 1. The number of benzene rings is 1. The molecule has 1 aromatic carbocycles. The van der Waals surface area contributed by atoms with Gasteiger partial charge in [-0.3, -0.25) is 0 Å². The summed E-state index contributed by atoms with van der Waals surface area (Å²) in [5.74, 6) is 1.64. The van der Waals surface area contributed by atoms with Crippen molar-refractivity contribution in [2.45, 2.75) is 31.0 Å². The highest BCUT2D eigenvalue weighted by Gasteiger charge is 2.11. The largest absolute Gasteiger partial charge is 0.496 e. The summed E-state index contributed by atoms with van der Waals surface area (Å²) in [5.41, 5.74) is 7.54. The smallest absolute Gasteiger partial charge is 0.123 e. The molecule has 0 heterocycles. The minimum atomic E-state index is -0.308. The van der Waals surface area contributed by atoms with Crippen molar-refractivity contribution in [2.24, 2.45) is 0 Å². The van der Waals surface area contributed by atoms with E-state index in [4.69, 9.17) is 10.5 Å². The van der Waals surface area contributed by atoms with Gasteiger partial charge >= 0.3 is 0 Å². The van der Waals surface area contributed by atoms with E-state index in [0.29, 0.717) is 0 Å². The second-order valence-electron chi connectivity index (χ2n) is 3.83. The predicted octanol–water partition coefficient (Wildman–Crippen LogP) is 2.28. The van der Waals surface area contributed by atoms with Crippen molar-refractivity contribution in [3.8, 4) is 5.75 Å². The number of rotatable bonds is 5. The number of anilines is 1. The highest BCUT2D eigenvalue weighted by molar-refractivity contribution is 7.99. The van der Waals surface area contributed by atoms with Gasteiger partial charge in [0.25, 0.3) is 0 Å². The van der Waals surface area contributed by atoms with Gasteiger partial charge in [-0.05, 0) is 25.1 Å². The average molecular weight is 241 g/mol. The van der Waals surface area contributed by atoms with E-state index in [2.05, 4.69) is 0 Å². The number of ether oxygens (including phenoxy) is 1. The number of nitrogen functional groups attached to an aromatic ring is 1. The first-order valence-corrected chi connectivity index (χ1v) is 6.31. The summed E-state index contributed by atoms with van der Waals surface area (Å²) in [6, 6.07) is 5.62. The maximum absolute atomic E-state index is 9.40. The molecular formula is C12H19NO2S. The van der Waals surface area contributed by atoms with Crippen molar-refractivity contribution in [1.29, 1.82) is 0 Å². The molecule has 3 N–H and O–H groups in total. The van der Waals surface area contributed by atoms with Crippen LogP contribution >= 0.6 is 11.8 Å². The second-order valence-corrected chi connectivity index (χ2v) is 5.19. The van der Waals surface area contributed by atoms with Crippen LogP contribution in [0.3, 0.4) is 0 Å². The lowest BCUT2D eigenvalue weighted by atomic mass is 10.2. The van der Waals surface area contributed by atoms with E-state index in [9.17, 15) is 5.11 Å². The summed E-state index contributed by atoms with van der Waals surface area (Å²) < 4.78 is 5.26. The number of nitrogens with two attached hydrogens (primary N) is 1. The van der Waals surface area contributed by atoms with E-state index in [1.165, 1.54) is 0 Å². The quantitative estimate of drug-likeness (QED) is 0.777. The molecule has 0 radical (unpaired) electrons. The van der Waals surface area contributed by atoms with Gasteiger partial charge in [-0.1, -0.05) is 6.92 Å². The second kappa shape index (κ2) is 6.01. The van der Waals surface area contributed by atoms with Crippen LogP contribution in [-0.2, 0) is 5.75 Å². The molecule has 0 aliphatic carbocycles. The number of methoxy groups -OCH3 is 1. The monoisotopic (exact) mass is 241 g/mol. The van der Waals surface area contributed by atoms with Crippen molar-refractivity contribution in [3.63, 3.8) is 0 Å². The minimum Gasteiger partial charge on any atom is -0.496 e. The Morgan fingerprint density at radius 1 is 1.44 bits per heavy atom. The molecule has 0 aliphatic heterocycles. The Balaban J connectivity index is 2.68. The molecule has 0 spiro atoms.